The van der Waals surface area contributed by atoms with Gasteiger partial charge in [-0.15, -0.1) is 6.58 Å². The highest BCUT2D eigenvalue weighted by molar-refractivity contribution is 5.70. The van der Waals surface area contributed by atoms with E-state index in [9.17, 15) is 13.6 Å². The molecular formula is C18H17F2NO2. The molecule has 5 heteroatoms. The number of nitrogens with zero attached hydrogens (tertiary/aromatic N) is 1. The highest BCUT2D eigenvalue weighted by Crippen LogP contribution is 2.12. The minimum Gasteiger partial charge on any atom is -0.410 e. The van der Waals surface area contributed by atoms with Crippen LogP contribution in [0, 0.1) is 11.6 Å². The number of hydrogen-bond donors (Lipinski definition) is 0. The summed E-state index contributed by atoms with van der Waals surface area (Å²) in [6.45, 7) is 4.15. The van der Waals surface area contributed by atoms with Crippen LogP contribution in [0.15, 0.2) is 61.2 Å². The average Bonchev–Trinajstić information content (AvgIpc) is 2.51. The standard InChI is InChI=1S/C18H17F2NO2/c1-2-9-21(18(22)23-17-6-4-3-5-7-17)10-8-14-11-15(19)13-16(20)12-14/h2-7,11-13H,1,8-10H2. The van der Waals surface area contributed by atoms with Crippen LogP contribution in [-0.4, -0.2) is 24.1 Å². The van der Waals surface area contributed by atoms with E-state index in [4.69, 9.17) is 4.74 Å². The van der Waals surface area contributed by atoms with Crippen molar-refractivity contribution in [2.45, 2.75) is 6.42 Å². The Morgan fingerprint density at radius 3 is 2.39 bits per heavy atom. The van der Waals surface area contributed by atoms with E-state index in [2.05, 4.69) is 6.58 Å². The minimum absolute atomic E-state index is 0.264. The monoisotopic (exact) mass is 317 g/mol. The Morgan fingerprint density at radius 2 is 1.78 bits per heavy atom. The van der Waals surface area contributed by atoms with Crippen molar-refractivity contribution in [1.82, 2.24) is 4.90 Å². The first-order valence-electron chi connectivity index (χ1n) is 7.16. The Labute approximate surface area is 133 Å². The Morgan fingerprint density at radius 1 is 1.13 bits per heavy atom. The lowest BCUT2D eigenvalue weighted by atomic mass is 10.1. The second kappa shape index (κ2) is 8.08. The Kier molecular flexibility index (Phi) is 5.86. The van der Waals surface area contributed by atoms with Crippen molar-refractivity contribution in [1.29, 1.82) is 0 Å². The summed E-state index contributed by atoms with van der Waals surface area (Å²) in [6.07, 6.45) is 1.35. The normalized spacial score (nSPS) is 10.2. The van der Waals surface area contributed by atoms with Crippen molar-refractivity contribution in [2.75, 3.05) is 13.1 Å². The van der Waals surface area contributed by atoms with Crippen molar-refractivity contribution in [3.63, 3.8) is 0 Å². The summed E-state index contributed by atoms with van der Waals surface area (Å²) < 4.78 is 31.6. The molecule has 0 bridgehead atoms. The number of carbonyl (C=O) groups excluding carboxylic acids is 1. The van der Waals surface area contributed by atoms with Crippen LogP contribution >= 0.6 is 0 Å². The number of para-hydroxylation sites is 1. The van der Waals surface area contributed by atoms with Crippen LogP contribution in [0.2, 0.25) is 0 Å². The summed E-state index contributed by atoms with van der Waals surface area (Å²) in [5.74, 6) is -0.840. The quantitative estimate of drug-likeness (QED) is 0.748. The summed E-state index contributed by atoms with van der Waals surface area (Å²) in [5.41, 5.74) is 0.476. The third-order valence-corrected chi connectivity index (χ3v) is 3.15. The molecule has 120 valence electrons. The van der Waals surface area contributed by atoms with Crippen LogP contribution < -0.4 is 4.74 Å². The Balaban J connectivity index is 2.00. The molecule has 0 saturated carbocycles. The van der Waals surface area contributed by atoms with E-state index in [0.29, 0.717) is 17.7 Å². The molecule has 2 rings (SSSR count). The smallest absolute Gasteiger partial charge is 0.410 e. The Bertz CT molecular complexity index is 654. The van der Waals surface area contributed by atoms with E-state index < -0.39 is 17.7 Å². The molecule has 0 saturated heterocycles. The number of amides is 1. The van der Waals surface area contributed by atoms with Crippen LogP contribution in [0.3, 0.4) is 0 Å². The summed E-state index contributed by atoms with van der Waals surface area (Å²) in [5, 5.41) is 0. The first-order valence-corrected chi connectivity index (χ1v) is 7.16. The zero-order valence-electron chi connectivity index (χ0n) is 12.5. The highest BCUT2D eigenvalue weighted by atomic mass is 19.1. The van der Waals surface area contributed by atoms with Gasteiger partial charge in [-0.05, 0) is 36.2 Å². The molecule has 0 aliphatic rings. The molecule has 0 radical (unpaired) electrons. The maximum Gasteiger partial charge on any atom is 0.415 e. The molecule has 2 aromatic carbocycles. The molecule has 0 spiro atoms. The predicted octanol–water partition coefficient (Wildman–Crippen LogP) is 4.19. The maximum atomic E-state index is 13.2. The van der Waals surface area contributed by atoms with Crippen LogP contribution in [0.4, 0.5) is 13.6 Å². The van der Waals surface area contributed by atoms with Crippen LogP contribution in [0.5, 0.6) is 5.75 Å². The second-order valence-corrected chi connectivity index (χ2v) is 4.94. The fourth-order valence-corrected chi connectivity index (χ4v) is 2.09. The van der Waals surface area contributed by atoms with Gasteiger partial charge in [-0.2, -0.15) is 0 Å². The molecule has 0 aliphatic carbocycles. The molecule has 2 aromatic rings. The van der Waals surface area contributed by atoms with Crippen molar-refractivity contribution in [3.05, 3.63) is 78.4 Å². The van der Waals surface area contributed by atoms with Crippen molar-refractivity contribution in [2.24, 2.45) is 0 Å². The largest absolute Gasteiger partial charge is 0.415 e. The molecular weight excluding hydrogens is 300 g/mol. The van der Waals surface area contributed by atoms with Gasteiger partial charge in [0.2, 0.25) is 0 Å². The number of halogens is 2. The first kappa shape index (κ1) is 16.7. The first-order chi connectivity index (χ1) is 11.1. The molecule has 0 heterocycles. The van der Waals surface area contributed by atoms with E-state index in [1.54, 1.807) is 30.3 Å². The van der Waals surface area contributed by atoms with Gasteiger partial charge in [-0.1, -0.05) is 24.3 Å². The lowest BCUT2D eigenvalue weighted by Gasteiger charge is -2.20. The van der Waals surface area contributed by atoms with E-state index in [0.717, 1.165) is 6.07 Å². The van der Waals surface area contributed by atoms with Gasteiger partial charge >= 0.3 is 6.09 Å². The molecule has 3 nitrogen and oxygen atoms in total. The van der Waals surface area contributed by atoms with E-state index in [-0.39, 0.29) is 13.1 Å². The molecule has 23 heavy (non-hydrogen) atoms. The lowest BCUT2D eigenvalue weighted by molar-refractivity contribution is 0.158. The highest BCUT2D eigenvalue weighted by Gasteiger charge is 2.15. The van der Waals surface area contributed by atoms with Crippen molar-refractivity contribution >= 4 is 6.09 Å². The van der Waals surface area contributed by atoms with Gasteiger partial charge in [-0.3, -0.25) is 0 Å². The molecule has 0 unspecified atom stereocenters. The van der Waals surface area contributed by atoms with Crippen LogP contribution in [0.1, 0.15) is 5.56 Å². The topological polar surface area (TPSA) is 29.5 Å². The molecule has 0 fully saturated rings. The molecule has 0 atom stereocenters. The fraction of sp³-hybridized carbons (Fsp3) is 0.167. The molecule has 0 aliphatic heterocycles. The number of benzene rings is 2. The third kappa shape index (κ3) is 5.21. The summed E-state index contributed by atoms with van der Waals surface area (Å²) in [4.78, 5) is 13.6. The van der Waals surface area contributed by atoms with E-state index in [1.165, 1.54) is 17.0 Å². The van der Waals surface area contributed by atoms with Gasteiger partial charge in [0, 0.05) is 19.2 Å². The van der Waals surface area contributed by atoms with Gasteiger partial charge < -0.3 is 9.64 Å². The Hall–Kier alpha value is -2.69. The van der Waals surface area contributed by atoms with Gasteiger partial charge in [0.15, 0.2) is 0 Å². The zero-order valence-corrected chi connectivity index (χ0v) is 12.5. The molecule has 1 amide bonds. The summed E-state index contributed by atoms with van der Waals surface area (Å²) >= 11 is 0. The number of ether oxygens (including phenoxy) is 1. The number of carbonyl (C=O) groups is 1. The second-order valence-electron chi connectivity index (χ2n) is 4.94. The lowest BCUT2D eigenvalue weighted by Crippen LogP contribution is -2.35. The maximum absolute atomic E-state index is 13.2. The summed E-state index contributed by atoms with van der Waals surface area (Å²) in [6, 6.07) is 12.0. The van der Waals surface area contributed by atoms with Gasteiger partial charge in [0.05, 0.1) is 0 Å². The van der Waals surface area contributed by atoms with Crippen molar-refractivity contribution in [3.8, 4) is 5.75 Å². The van der Waals surface area contributed by atoms with E-state index in [1.807, 2.05) is 6.07 Å². The minimum atomic E-state index is -0.637. The van der Waals surface area contributed by atoms with Crippen LogP contribution in [0.25, 0.3) is 0 Å². The third-order valence-electron chi connectivity index (χ3n) is 3.15. The summed E-state index contributed by atoms with van der Waals surface area (Å²) in [7, 11) is 0. The van der Waals surface area contributed by atoms with Gasteiger partial charge in [0.1, 0.15) is 17.4 Å². The van der Waals surface area contributed by atoms with Gasteiger partial charge in [0.25, 0.3) is 0 Å². The average molecular weight is 317 g/mol. The fourth-order valence-electron chi connectivity index (χ4n) is 2.09. The van der Waals surface area contributed by atoms with Crippen molar-refractivity contribution < 1.29 is 18.3 Å². The van der Waals surface area contributed by atoms with E-state index >= 15 is 0 Å². The van der Waals surface area contributed by atoms with Crippen LogP contribution in [-0.2, 0) is 6.42 Å². The molecule has 0 aromatic heterocycles. The number of rotatable bonds is 6. The zero-order chi connectivity index (χ0) is 16.7. The molecule has 0 N–H and O–H groups in total. The predicted molar refractivity (Wildman–Crippen MR) is 84.3 cm³/mol. The van der Waals surface area contributed by atoms with Gasteiger partial charge in [-0.25, -0.2) is 13.6 Å². The number of hydrogen-bond acceptors (Lipinski definition) is 2. The SMILES string of the molecule is C=CCN(CCc1cc(F)cc(F)c1)C(=O)Oc1ccccc1.